The number of imide groups is 1. The highest BCUT2D eigenvalue weighted by atomic mass is 16.5. The van der Waals surface area contributed by atoms with Gasteiger partial charge in [0.25, 0.3) is 11.8 Å². The number of benzene rings is 2. The van der Waals surface area contributed by atoms with Crippen LogP contribution in [-0.2, 0) is 4.79 Å². The third-order valence-electron chi connectivity index (χ3n) is 5.64. The molecule has 7 heteroatoms. The number of anilines is 1. The quantitative estimate of drug-likeness (QED) is 0.688. The summed E-state index contributed by atoms with van der Waals surface area (Å²) in [4.78, 5) is 42.6. The molecule has 4 rings (SSSR count). The minimum Gasteiger partial charge on any atom is -0.485 e. The van der Waals surface area contributed by atoms with Gasteiger partial charge in [-0.2, -0.15) is 0 Å². The van der Waals surface area contributed by atoms with E-state index in [2.05, 4.69) is 11.8 Å². The molecule has 2 aromatic carbocycles. The molecule has 0 saturated heterocycles. The van der Waals surface area contributed by atoms with Crippen LogP contribution in [0.15, 0.2) is 48.5 Å². The normalized spacial score (nSPS) is 17.5. The second-order valence-corrected chi connectivity index (χ2v) is 7.58. The number of nitrogens with zero attached hydrogens (tertiary/aromatic N) is 3. The van der Waals surface area contributed by atoms with Gasteiger partial charge in [-0.15, -0.1) is 0 Å². The number of hydrogen-bond acceptors (Lipinski definition) is 5. The minimum absolute atomic E-state index is 0.0744. The molecule has 0 bridgehead atoms. The molecule has 0 radical (unpaired) electrons. The summed E-state index contributed by atoms with van der Waals surface area (Å²) in [6.07, 6.45) is -0.0592. The number of para-hydroxylation sites is 2. The standard InChI is InChI=1S/C23H25N3O4/c1-3-25-15-16(30-20-11-7-6-10-19(20)25)14-24(2)21(27)12-13-26-22(28)17-8-4-5-9-18(17)23(26)29/h4-11,16H,3,12-15H2,1-2H3/t16-/m0/s1. The second kappa shape index (κ2) is 8.18. The fraction of sp³-hybridized carbons (Fsp3) is 0.348. The van der Waals surface area contributed by atoms with E-state index in [0.717, 1.165) is 22.9 Å². The van der Waals surface area contributed by atoms with Crippen LogP contribution in [0.2, 0.25) is 0 Å². The van der Waals surface area contributed by atoms with E-state index >= 15 is 0 Å². The van der Waals surface area contributed by atoms with Crippen LogP contribution in [0.5, 0.6) is 5.75 Å². The molecular formula is C23H25N3O4. The van der Waals surface area contributed by atoms with Crippen LogP contribution in [0.1, 0.15) is 34.1 Å². The molecule has 2 aromatic rings. The lowest BCUT2D eigenvalue weighted by molar-refractivity contribution is -0.131. The molecule has 156 valence electrons. The van der Waals surface area contributed by atoms with Crippen molar-refractivity contribution < 1.29 is 19.1 Å². The van der Waals surface area contributed by atoms with E-state index in [-0.39, 0.29) is 36.8 Å². The Morgan fingerprint density at radius 1 is 1.07 bits per heavy atom. The molecule has 2 aliphatic heterocycles. The molecule has 2 aliphatic rings. The Hall–Kier alpha value is -3.35. The van der Waals surface area contributed by atoms with Gasteiger partial charge in [-0.3, -0.25) is 19.3 Å². The summed E-state index contributed by atoms with van der Waals surface area (Å²) >= 11 is 0. The van der Waals surface area contributed by atoms with Gasteiger partial charge in [0.1, 0.15) is 11.9 Å². The zero-order valence-corrected chi connectivity index (χ0v) is 17.2. The molecule has 3 amide bonds. The van der Waals surface area contributed by atoms with Crippen LogP contribution in [0.25, 0.3) is 0 Å². The molecule has 30 heavy (non-hydrogen) atoms. The van der Waals surface area contributed by atoms with Gasteiger partial charge in [-0.1, -0.05) is 24.3 Å². The molecule has 0 spiro atoms. The average Bonchev–Trinajstić information content (AvgIpc) is 3.01. The number of fused-ring (bicyclic) bond motifs is 2. The van der Waals surface area contributed by atoms with Gasteiger partial charge in [0.15, 0.2) is 0 Å². The second-order valence-electron chi connectivity index (χ2n) is 7.58. The smallest absolute Gasteiger partial charge is 0.261 e. The van der Waals surface area contributed by atoms with Crippen molar-refractivity contribution in [1.29, 1.82) is 0 Å². The SMILES string of the molecule is CCN1C[C@H](CN(C)C(=O)CCN2C(=O)c3ccccc3C2=O)Oc2ccccc21. The van der Waals surface area contributed by atoms with Crippen LogP contribution in [0, 0.1) is 0 Å². The number of ether oxygens (including phenoxy) is 1. The summed E-state index contributed by atoms with van der Waals surface area (Å²) in [5.41, 5.74) is 1.87. The molecule has 0 aromatic heterocycles. The first-order valence-corrected chi connectivity index (χ1v) is 10.2. The fourth-order valence-corrected chi connectivity index (χ4v) is 4.02. The molecule has 2 heterocycles. The molecule has 0 aliphatic carbocycles. The number of hydrogen-bond donors (Lipinski definition) is 0. The van der Waals surface area contributed by atoms with Gasteiger partial charge >= 0.3 is 0 Å². The van der Waals surface area contributed by atoms with Crippen molar-refractivity contribution in [2.75, 3.05) is 38.1 Å². The number of carbonyl (C=O) groups excluding carboxylic acids is 3. The number of amides is 3. The van der Waals surface area contributed by atoms with E-state index in [1.807, 2.05) is 24.3 Å². The highest BCUT2D eigenvalue weighted by molar-refractivity contribution is 6.21. The zero-order valence-electron chi connectivity index (χ0n) is 17.2. The average molecular weight is 407 g/mol. The van der Waals surface area contributed by atoms with Crippen LogP contribution < -0.4 is 9.64 Å². The molecule has 0 saturated carbocycles. The van der Waals surface area contributed by atoms with Crippen LogP contribution >= 0.6 is 0 Å². The summed E-state index contributed by atoms with van der Waals surface area (Å²) < 4.78 is 6.08. The lowest BCUT2D eigenvalue weighted by atomic mass is 10.1. The lowest BCUT2D eigenvalue weighted by Gasteiger charge is -2.37. The Bertz CT molecular complexity index is 955. The maximum Gasteiger partial charge on any atom is 0.261 e. The van der Waals surface area contributed by atoms with Crippen molar-refractivity contribution in [3.63, 3.8) is 0 Å². The monoisotopic (exact) mass is 407 g/mol. The number of rotatable bonds is 6. The summed E-state index contributed by atoms with van der Waals surface area (Å²) in [6, 6.07) is 14.6. The fourth-order valence-electron chi connectivity index (χ4n) is 4.02. The Morgan fingerprint density at radius 3 is 2.37 bits per heavy atom. The van der Waals surface area contributed by atoms with Gasteiger partial charge in [0, 0.05) is 26.6 Å². The van der Waals surface area contributed by atoms with Gasteiger partial charge < -0.3 is 14.5 Å². The van der Waals surface area contributed by atoms with E-state index in [1.165, 1.54) is 0 Å². The minimum atomic E-state index is -0.336. The number of carbonyl (C=O) groups is 3. The molecule has 1 atom stereocenters. The first kappa shape index (κ1) is 19.9. The van der Waals surface area contributed by atoms with Crippen LogP contribution in [0.3, 0.4) is 0 Å². The van der Waals surface area contributed by atoms with Crippen molar-refractivity contribution in [1.82, 2.24) is 9.80 Å². The zero-order chi connectivity index (χ0) is 21.3. The Morgan fingerprint density at radius 2 is 1.70 bits per heavy atom. The molecule has 0 N–H and O–H groups in total. The Kier molecular flexibility index (Phi) is 5.44. The van der Waals surface area contributed by atoms with E-state index < -0.39 is 0 Å². The first-order valence-electron chi connectivity index (χ1n) is 10.2. The molecule has 7 nitrogen and oxygen atoms in total. The van der Waals surface area contributed by atoms with E-state index in [1.54, 1.807) is 36.2 Å². The lowest BCUT2D eigenvalue weighted by Crippen LogP contribution is -2.47. The summed E-state index contributed by atoms with van der Waals surface area (Å²) in [5.74, 6) is 0.0215. The van der Waals surface area contributed by atoms with Gasteiger partial charge in [0.2, 0.25) is 5.91 Å². The molecule has 0 unspecified atom stereocenters. The Balaban J connectivity index is 1.34. The van der Waals surface area contributed by atoms with Gasteiger partial charge in [-0.25, -0.2) is 0 Å². The first-order chi connectivity index (χ1) is 14.5. The molecular weight excluding hydrogens is 382 g/mol. The largest absolute Gasteiger partial charge is 0.485 e. The van der Waals surface area contributed by atoms with Crippen molar-refractivity contribution in [2.45, 2.75) is 19.4 Å². The molecule has 0 fully saturated rings. The predicted octanol–water partition coefficient (Wildman–Crippen LogP) is 2.42. The van der Waals surface area contributed by atoms with E-state index in [9.17, 15) is 14.4 Å². The van der Waals surface area contributed by atoms with E-state index in [4.69, 9.17) is 4.74 Å². The van der Waals surface area contributed by atoms with Crippen molar-refractivity contribution in [3.05, 3.63) is 59.7 Å². The third-order valence-corrected chi connectivity index (χ3v) is 5.64. The highest BCUT2D eigenvalue weighted by Gasteiger charge is 2.35. The van der Waals surface area contributed by atoms with Crippen molar-refractivity contribution in [2.24, 2.45) is 0 Å². The van der Waals surface area contributed by atoms with Crippen LogP contribution in [-0.4, -0.2) is 66.9 Å². The van der Waals surface area contributed by atoms with Crippen LogP contribution in [0.4, 0.5) is 5.69 Å². The van der Waals surface area contributed by atoms with Crippen molar-refractivity contribution in [3.8, 4) is 5.75 Å². The summed E-state index contributed by atoms with van der Waals surface area (Å²) in [5, 5.41) is 0. The van der Waals surface area contributed by atoms with Gasteiger partial charge in [0.05, 0.1) is 29.9 Å². The maximum atomic E-state index is 12.7. The maximum absolute atomic E-state index is 12.7. The summed E-state index contributed by atoms with van der Waals surface area (Å²) in [6.45, 7) is 4.16. The predicted molar refractivity (Wildman–Crippen MR) is 113 cm³/mol. The Labute approximate surface area is 175 Å². The topological polar surface area (TPSA) is 70.2 Å². The number of likely N-dealkylation sites (N-methyl/N-ethyl adjacent to an activating group) is 2. The van der Waals surface area contributed by atoms with Crippen molar-refractivity contribution >= 4 is 23.4 Å². The highest BCUT2D eigenvalue weighted by Crippen LogP contribution is 2.33. The third kappa shape index (κ3) is 3.63. The summed E-state index contributed by atoms with van der Waals surface area (Å²) in [7, 11) is 1.73. The van der Waals surface area contributed by atoms with Gasteiger partial charge in [-0.05, 0) is 31.2 Å². The van der Waals surface area contributed by atoms with E-state index in [0.29, 0.717) is 24.2 Å².